The van der Waals surface area contributed by atoms with Crippen molar-refractivity contribution in [1.82, 2.24) is 0 Å². The summed E-state index contributed by atoms with van der Waals surface area (Å²) in [4.78, 5) is 11.2. The van der Waals surface area contributed by atoms with Gasteiger partial charge in [0, 0.05) is 26.6 Å². The van der Waals surface area contributed by atoms with E-state index in [-0.39, 0.29) is 0 Å². The Morgan fingerprint density at radius 2 is 2.17 bits per heavy atom. The summed E-state index contributed by atoms with van der Waals surface area (Å²) in [6, 6.07) is 0. The number of methoxy groups -OCH3 is 1. The summed E-state index contributed by atoms with van der Waals surface area (Å²) in [5.74, 6) is 1.30. The molecule has 0 aromatic carbocycles. The van der Waals surface area contributed by atoms with Gasteiger partial charge in [-0.15, -0.1) is 0 Å². The average molecular weight is 170 g/mol. The molecule has 12 heavy (non-hydrogen) atoms. The number of carbonyl (C=O) groups is 1. The molecule has 0 spiro atoms. The van der Waals surface area contributed by atoms with Gasteiger partial charge in [-0.05, 0) is 18.8 Å². The highest BCUT2D eigenvalue weighted by Crippen LogP contribution is 2.33. The van der Waals surface area contributed by atoms with E-state index in [0.29, 0.717) is 12.2 Å². The summed E-state index contributed by atoms with van der Waals surface area (Å²) in [6.45, 7) is 0.717. The van der Waals surface area contributed by atoms with Crippen LogP contribution in [0.2, 0.25) is 0 Å². The number of hydrogen-bond donors (Lipinski definition) is 0. The Morgan fingerprint density at radius 3 is 2.75 bits per heavy atom. The number of Topliss-reactive ketones (excluding diaryl/α,β-unsaturated/α-hetero) is 1. The van der Waals surface area contributed by atoms with Crippen molar-refractivity contribution in [2.45, 2.75) is 38.5 Å². The summed E-state index contributed by atoms with van der Waals surface area (Å²) in [6.07, 6.45) is 6.23. The van der Waals surface area contributed by atoms with Crippen LogP contribution in [-0.2, 0) is 9.53 Å². The van der Waals surface area contributed by atoms with Gasteiger partial charge in [-0.3, -0.25) is 4.79 Å². The third kappa shape index (κ3) is 4.50. The van der Waals surface area contributed by atoms with Crippen LogP contribution in [0.3, 0.4) is 0 Å². The molecule has 70 valence electrons. The molecule has 1 aliphatic carbocycles. The Morgan fingerprint density at radius 1 is 1.42 bits per heavy atom. The van der Waals surface area contributed by atoms with Crippen LogP contribution in [0.1, 0.15) is 38.5 Å². The maximum Gasteiger partial charge on any atom is 0.133 e. The van der Waals surface area contributed by atoms with Gasteiger partial charge in [0.1, 0.15) is 5.78 Å². The van der Waals surface area contributed by atoms with Crippen molar-refractivity contribution in [2.75, 3.05) is 13.7 Å². The molecule has 0 N–H and O–H groups in total. The van der Waals surface area contributed by atoms with Crippen molar-refractivity contribution in [2.24, 2.45) is 5.92 Å². The van der Waals surface area contributed by atoms with Crippen LogP contribution in [0.15, 0.2) is 0 Å². The van der Waals surface area contributed by atoms with Crippen LogP contribution >= 0.6 is 0 Å². The quantitative estimate of drug-likeness (QED) is 0.547. The fraction of sp³-hybridized carbons (Fsp3) is 0.900. The van der Waals surface area contributed by atoms with E-state index in [9.17, 15) is 4.79 Å². The van der Waals surface area contributed by atoms with Gasteiger partial charge in [0.2, 0.25) is 0 Å². The van der Waals surface area contributed by atoms with Crippen molar-refractivity contribution in [3.05, 3.63) is 0 Å². The smallest absolute Gasteiger partial charge is 0.133 e. The van der Waals surface area contributed by atoms with E-state index in [2.05, 4.69) is 0 Å². The topological polar surface area (TPSA) is 26.3 Å². The lowest BCUT2D eigenvalue weighted by Gasteiger charge is -1.99. The van der Waals surface area contributed by atoms with Gasteiger partial charge in [0.25, 0.3) is 0 Å². The second-order valence-corrected chi connectivity index (χ2v) is 3.62. The predicted molar refractivity (Wildman–Crippen MR) is 48.1 cm³/mol. The van der Waals surface area contributed by atoms with Gasteiger partial charge in [0.05, 0.1) is 0 Å². The Balaban J connectivity index is 1.88. The molecule has 0 unspecified atom stereocenters. The fourth-order valence-corrected chi connectivity index (χ4v) is 1.31. The molecule has 2 nitrogen and oxygen atoms in total. The normalized spacial score (nSPS) is 16.4. The van der Waals surface area contributed by atoms with Gasteiger partial charge in [-0.1, -0.05) is 12.8 Å². The van der Waals surface area contributed by atoms with Crippen LogP contribution in [0.5, 0.6) is 0 Å². The third-order valence-corrected chi connectivity index (χ3v) is 2.33. The molecule has 0 radical (unpaired) electrons. The third-order valence-electron chi connectivity index (χ3n) is 2.33. The molecule has 2 heteroatoms. The minimum atomic E-state index is 0.416. The molecule has 1 saturated carbocycles. The SMILES string of the molecule is COCCCC(=O)CCC1CC1. The molecular formula is C10H18O2. The Kier molecular flexibility index (Phi) is 4.30. The molecule has 0 aromatic rings. The van der Waals surface area contributed by atoms with Crippen molar-refractivity contribution in [3.63, 3.8) is 0 Å². The van der Waals surface area contributed by atoms with E-state index in [1.54, 1.807) is 7.11 Å². The number of rotatable bonds is 7. The maximum atomic E-state index is 11.2. The lowest BCUT2D eigenvalue weighted by molar-refractivity contribution is -0.119. The highest BCUT2D eigenvalue weighted by molar-refractivity contribution is 5.78. The molecular weight excluding hydrogens is 152 g/mol. The number of ether oxygens (including phenoxy) is 1. The fourth-order valence-electron chi connectivity index (χ4n) is 1.31. The molecule has 0 bridgehead atoms. The Labute approximate surface area is 74.3 Å². The molecule has 0 atom stereocenters. The van der Waals surface area contributed by atoms with Crippen molar-refractivity contribution >= 4 is 5.78 Å². The second kappa shape index (κ2) is 5.31. The monoisotopic (exact) mass is 170 g/mol. The second-order valence-electron chi connectivity index (χ2n) is 3.62. The summed E-state index contributed by atoms with van der Waals surface area (Å²) >= 11 is 0. The lowest BCUT2D eigenvalue weighted by Crippen LogP contribution is -2.00. The summed E-state index contributed by atoms with van der Waals surface area (Å²) in [7, 11) is 1.68. The van der Waals surface area contributed by atoms with Crippen LogP contribution in [0, 0.1) is 5.92 Å². The zero-order valence-electron chi connectivity index (χ0n) is 7.84. The van der Waals surface area contributed by atoms with Crippen LogP contribution < -0.4 is 0 Å². The van der Waals surface area contributed by atoms with Gasteiger partial charge in [0.15, 0.2) is 0 Å². The van der Waals surface area contributed by atoms with Gasteiger partial charge in [-0.25, -0.2) is 0 Å². The minimum Gasteiger partial charge on any atom is -0.385 e. The molecule has 0 aliphatic heterocycles. The highest BCUT2D eigenvalue weighted by Gasteiger charge is 2.21. The molecule has 0 amide bonds. The summed E-state index contributed by atoms with van der Waals surface area (Å²) < 4.78 is 4.88. The van der Waals surface area contributed by atoms with E-state index < -0.39 is 0 Å². The molecule has 1 aliphatic rings. The number of carbonyl (C=O) groups excluding carboxylic acids is 1. The van der Waals surface area contributed by atoms with E-state index in [1.807, 2.05) is 0 Å². The predicted octanol–water partition coefficient (Wildman–Crippen LogP) is 2.17. The zero-order valence-corrected chi connectivity index (χ0v) is 7.84. The average Bonchev–Trinajstić information content (AvgIpc) is 2.84. The van der Waals surface area contributed by atoms with E-state index in [4.69, 9.17) is 4.74 Å². The maximum absolute atomic E-state index is 11.2. The first-order valence-electron chi connectivity index (χ1n) is 4.83. The van der Waals surface area contributed by atoms with Gasteiger partial charge in [-0.2, -0.15) is 0 Å². The van der Waals surface area contributed by atoms with E-state index in [1.165, 1.54) is 12.8 Å². The standard InChI is InChI=1S/C10H18O2/c1-12-8-2-3-10(11)7-6-9-4-5-9/h9H,2-8H2,1H3. The van der Waals surface area contributed by atoms with E-state index >= 15 is 0 Å². The minimum absolute atomic E-state index is 0.416. The first-order chi connectivity index (χ1) is 5.83. The zero-order chi connectivity index (χ0) is 8.81. The summed E-state index contributed by atoms with van der Waals surface area (Å²) in [5.41, 5.74) is 0. The van der Waals surface area contributed by atoms with Crippen molar-refractivity contribution in [1.29, 1.82) is 0 Å². The number of hydrogen-bond acceptors (Lipinski definition) is 2. The molecule has 0 saturated heterocycles. The largest absolute Gasteiger partial charge is 0.385 e. The van der Waals surface area contributed by atoms with E-state index in [0.717, 1.165) is 31.8 Å². The molecule has 0 aromatic heterocycles. The number of ketones is 1. The lowest BCUT2D eigenvalue weighted by atomic mass is 10.1. The summed E-state index contributed by atoms with van der Waals surface area (Å²) in [5, 5.41) is 0. The molecule has 1 rings (SSSR count). The highest BCUT2D eigenvalue weighted by atomic mass is 16.5. The Bertz CT molecular complexity index is 139. The van der Waals surface area contributed by atoms with Gasteiger partial charge >= 0.3 is 0 Å². The van der Waals surface area contributed by atoms with Crippen molar-refractivity contribution < 1.29 is 9.53 Å². The Hall–Kier alpha value is -0.370. The van der Waals surface area contributed by atoms with Crippen LogP contribution in [0.4, 0.5) is 0 Å². The first-order valence-corrected chi connectivity index (χ1v) is 4.83. The first kappa shape index (κ1) is 9.72. The van der Waals surface area contributed by atoms with Gasteiger partial charge < -0.3 is 4.74 Å². The van der Waals surface area contributed by atoms with Crippen LogP contribution in [-0.4, -0.2) is 19.5 Å². The molecule has 1 fully saturated rings. The molecule has 0 heterocycles. The van der Waals surface area contributed by atoms with Crippen LogP contribution in [0.25, 0.3) is 0 Å². The van der Waals surface area contributed by atoms with Crippen molar-refractivity contribution in [3.8, 4) is 0 Å².